The lowest BCUT2D eigenvalue weighted by Crippen LogP contribution is -2.74. The minimum atomic E-state index is -9.16. The zero-order chi connectivity index (χ0) is 48.7. The van der Waals surface area contributed by atoms with Crippen molar-refractivity contribution in [1.82, 2.24) is 0 Å². The van der Waals surface area contributed by atoms with Crippen LogP contribution in [0.2, 0.25) is 0 Å². The van der Waals surface area contributed by atoms with Crippen molar-refractivity contribution in [2.24, 2.45) is 5.41 Å². The van der Waals surface area contributed by atoms with E-state index in [0.29, 0.717) is 0 Å². The summed E-state index contributed by atoms with van der Waals surface area (Å²) in [5.41, 5.74) is -3.73. The van der Waals surface area contributed by atoms with Gasteiger partial charge in [-0.3, -0.25) is 0 Å². The first kappa shape index (κ1) is 57.8. The molecule has 0 aromatic carbocycles. The Balaban J connectivity index is 6.94. The molecular weight excluding hydrogens is 1060 g/mol. The van der Waals surface area contributed by atoms with Crippen LogP contribution < -0.4 is 0 Å². The molecule has 0 unspecified atom stereocenters. The molecule has 0 aliphatic heterocycles. The SMILES string of the molecule is OCC(CBr)(CSC(F)(F)C(F)(F)C(F)(F)C(F)(F)C(F)(F)C(F)(F)C(F)(F)C(F)(F)F)CSC(F)(F)C(F)(F)C(F)(F)C(F)(F)C(F)(F)C(F)(F)C(F)(F)C(F)(F)F. The average Bonchev–Trinajstić information content (AvgIpc) is 3.02. The second kappa shape index (κ2) is 15.5. The van der Waals surface area contributed by atoms with Gasteiger partial charge < -0.3 is 5.11 Å². The third kappa shape index (κ3) is 8.12. The molecule has 0 spiro atoms. The van der Waals surface area contributed by atoms with Gasteiger partial charge in [-0.25, -0.2) is 0 Å². The molecule has 0 saturated carbocycles. The molecule has 0 radical (unpaired) electrons. The topological polar surface area (TPSA) is 20.2 Å². The van der Waals surface area contributed by atoms with Crippen molar-refractivity contribution >= 4 is 39.5 Å². The second-order valence-electron chi connectivity index (χ2n) is 11.3. The van der Waals surface area contributed by atoms with E-state index in [-0.39, 0.29) is 0 Å². The second-order valence-corrected chi connectivity index (χ2v) is 14.0. The molecular formula is C21H9BrF34OS2. The summed E-state index contributed by atoms with van der Waals surface area (Å²) in [7, 11) is 0. The van der Waals surface area contributed by atoms with Crippen molar-refractivity contribution in [2.45, 2.75) is 93.9 Å². The summed E-state index contributed by atoms with van der Waals surface area (Å²) in [4.78, 5) is 0. The van der Waals surface area contributed by atoms with Crippen molar-refractivity contribution in [3.8, 4) is 0 Å². The van der Waals surface area contributed by atoms with Crippen LogP contribution in [0.1, 0.15) is 0 Å². The number of rotatable bonds is 20. The van der Waals surface area contributed by atoms with E-state index >= 15 is 0 Å². The lowest BCUT2D eigenvalue weighted by Gasteiger charge is -2.43. The smallest absolute Gasteiger partial charge is 0.396 e. The molecule has 0 amide bonds. The molecule has 0 aromatic heterocycles. The normalized spacial score (nSPS) is 16.9. The molecule has 1 N–H and O–H groups in total. The van der Waals surface area contributed by atoms with Gasteiger partial charge in [0.25, 0.3) is 0 Å². The molecule has 0 aromatic rings. The van der Waals surface area contributed by atoms with Gasteiger partial charge in [0, 0.05) is 22.3 Å². The number of alkyl halides is 35. The van der Waals surface area contributed by atoms with Gasteiger partial charge in [-0.2, -0.15) is 149 Å². The predicted octanol–water partition coefficient (Wildman–Crippen LogP) is 12.8. The zero-order valence-corrected chi connectivity index (χ0v) is 29.0. The van der Waals surface area contributed by atoms with E-state index < -0.39 is 146 Å². The largest absolute Gasteiger partial charge is 0.460 e. The molecule has 0 atom stereocenters. The molecule has 0 saturated heterocycles. The Bertz CT molecular complexity index is 1350. The highest BCUT2D eigenvalue weighted by Crippen LogP contribution is 2.67. The summed E-state index contributed by atoms with van der Waals surface area (Å²) in [6.07, 6.45) is -16.2. The van der Waals surface area contributed by atoms with Gasteiger partial charge in [-0.15, -0.1) is 0 Å². The van der Waals surface area contributed by atoms with Crippen molar-refractivity contribution in [2.75, 3.05) is 23.4 Å². The van der Waals surface area contributed by atoms with E-state index in [1.54, 1.807) is 0 Å². The Morgan fingerprint density at radius 2 is 0.458 bits per heavy atom. The first-order valence-electron chi connectivity index (χ1n) is 12.9. The quantitative estimate of drug-likeness (QED) is 0.0969. The van der Waals surface area contributed by atoms with Gasteiger partial charge >= 0.3 is 93.9 Å². The van der Waals surface area contributed by atoms with E-state index in [1.807, 2.05) is 15.9 Å². The van der Waals surface area contributed by atoms with Crippen LogP contribution in [-0.4, -0.2) is 122 Å². The number of hydrogen-bond donors (Lipinski definition) is 1. The lowest BCUT2D eigenvalue weighted by molar-refractivity contribution is -0.458. The van der Waals surface area contributed by atoms with Gasteiger partial charge in [0.1, 0.15) is 0 Å². The summed E-state index contributed by atoms with van der Waals surface area (Å²) >= 11 is -3.33. The molecule has 356 valence electrons. The molecule has 1 nitrogen and oxygen atoms in total. The lowest BCUT2D eigenvalue weighted by atomic mass is 9.91. The fourth-order valence-corrected chi connectivity index (χ4v) is 6.63. The fourth-order valence-electron chi connectivity index (χ4n) is 3.22. The first-order chi connectivity index (χ1) is 25.0. The highest BCUT2D eigenvalue weighted by Gasteiger charge is 2.97. The maximum absolute atomic E-state index is 14.3. The van der Waals surface area contributed by atoms with E-state index in [9.17, 15) is 154 Å². The minimum Gasteiger partial charge on any atom is -0.396 e. The molecule has 0 rings (SSSR count). The summed E-state index contributed by atoms with van der Waals surface area (Å²) in [6, 6.07) is 0. The van der Waals surface area contributed by atoms with Crippen molar-refractivity contribution in [3.05, 3.63) is 0 Å². The fraction of sp³-hybridized carbons (Fsp3) is 1.00. The van der Waals surface area contributed by atoms with E-state index in [4.69, 9.17) is 0 Å². The highest BCUT2D eigenvalue weighted by molar-refractivity contribution is 9.09. The van der Waals surface area contributed by atoms with Crippen LogP contribution in [0.25, 0.3) is 0 Å². The molecule has 0 fully saturated rings. The molecule has 0 bridgehead atoms. The Kier molecular flexibility index (Phi) is 15.2. The van der Waals surface area contributed by atoms with Crippen LogP contribution in [0.15, 0.2) is 0 Å². The number of hydrogen-bond acceptors (Lipinski definition) is 3. The standard InChI is InChI=1S/C21H9BrF34OS2/c22-1-5(2-57,3-58-20(53,54)16(43,44)12(35,36)8(27,28)6(23,24)10(31,32)14(39,40)18(47,48)49)4-59-21(55,56)17(45,46)13(37,38)9(29,30)7(25,26)11(33,34)15(41,42)19(50,51)52/h57H,1-4H2. The van der Waals surface area contributed by atoms with Gasteiger partial charge in [0.2, 0.25) is 0 Å². The van der Waals surface area contributed by atoms with Crippen LogP contribution in [0.4, 0.5) is 149 Å². The zero-order valence-electron chi connectivity index (χ0n) is 25.8. The summed E-state index contributed by atoms with van der Waals surface area (Å²) in [6.45, 7) is -2.48. The highest BCUT2D eigenvalue weighted by atomic mass is 79.9. The number of thioether (sulfide) groups is 2. The van der Waals surface area contributed by atoms with Crippen LogP contribution in [0.3, 0.4) is 0 Å². The molecule has 59 heavy (non-hydrogen) atoms. The van der Waals surface area contributed by atoms with E-state index in [1.165, 1.54) is 0 Å². The van der Waals surface area contributed by atoms with Crippen LogP contribution in [0, 0.1) is 5.41 Å². The Morgan fingerprint density at radius 3 is 0.610 bits per heavy atom. The Labute approximate surface area is 317 Å². The van der Waals surface area contributed by atoms with Gasteiger partial charge in [0.15, 0.2) is 0 Å². The number of aliphatic hydroxyl groups excluding tert-OH is 1. The Morgan fingerprint density at radius 1 is 0.288 bits per heavy atom. The molecule has 0 aliphatic carbocycles. The van der Waals surface area contributed by atoms with Crippen molar-refractivity contribution in [1.29, 1.82) is 0 Å². The number of halogens is 35. The van der Waals surface area contributed by atoms with Gasteiger partial charge in [-0.05, 0) is 0 Å². The number of aliphatic hydroxyl groups is 1. The van der Waals surface area contributed by atoms with Crippen LogP contribution in [0.5, 0.6) is 0 Å². The van der Waals surface area contributed by atoms with Gasteiger partial charge in [0.05, 0.1) is 6.61 Å². The van der Waals surface area contributed by atoms with E-state index in [2.05, 4.69) is 0 Å². The third-order valence-corrected chi connectivity index (χ3v) is 11.1. The summed E-state index contributed by atoms with van der Waals surface area (Å²) < 4.78 is 457. The minimum absolute atomic E-state index is 1.87. The van der Waals surface area contributed by atoms with E-state index in [0.717, 1.165) is 0 Å². The van der Waals surface area contributed by atoms with Crippen LogP contribution in [-0.2, 0) is 0 Å². The maximum atomic E-state index is 14.3. The first-order valence-corrected chi connectivity index (χ1v) is 16.0. The monoisotopic (exact) mass is 1070 g/mol. The molecule has 38 heteroatoms. The summed E-state index contributed by atoms with van der Waals surface area (Å²) in [5, 5.41) is -7.53. The van der Waals surface area contributed by atoms with Gasteiger partial charge in [-0.1, -0.05) is 39.5 Å². The maximum Gasteiger partial charge on any atom is 0.460 e. The summed E-state index contributed by atoms with van der Waals surface area (Å²) in [5.74, 6) is -112. The van der Waals surface area contributed by atoms with Crippen LogP contribution >= 0.6 is 39.5 Å². The molecule has 0 heterocycles. The predicted molar refractivity (Wildman–Crippen MR) is 130 cm³/mol. The molecule has 0 aliphatic rings. The third-order valence-electron chi connectivity index (χ3n) is 7.12. The average molecular weight is 1070 g/mol. The van der Waals surface area contributed by atoms with Crippen molar-refractivity contribution in [3.63, 3.8) is 0 Å². The Hall–Kier alpha value is -1.24. The van der Waals surface area contributed by atoms with Crippen molar-refractivity contribution < 1.29 is 154 Å².